The fraction of sp³-hybridized carbons (Fsp3) is 1.00. The average molecular weight is 166 g/mol. The number of hydrogen-bond donors (Lipinski definition) is 1. The van der Waals surface area contributed by atoms with Crippen LogP contribution in [0.25, 0.3) is 0 Å². The van der Waals surface area contributed by atoms with Crippen molar-refractivity contribution in [1.29, 1.82) is 0 Å². The van der Waals surface area contributed by atoms with Crippen LogP contribution in [0.1, 0.15) is 12.8 Å². The van der Waals surface area contributed by atoms with Gasteiger partial charge in [-0.05, 0) is 5.92 Å². The van der Waals surface area contributed by atoms with Gasteiger partial charge in [0, 0.05) is 20.0 Å². The first kappa shape index (κ1) is 8.87. The summed E-state index contributed by atoms with van der Waals surface area (Å²) in [6.45, 7) is -0.169. The van der Waals surface area contributed by atoms with Gasteiger partial charge in [-0.1, -0.05) is 0 Å². The number of methoxy groups -OCH3 is 1. The number of ether oxygens (including phenoxy) is 1. The Morgan fingerprint density at radius 3 is 2.45 bits per heavy atom. The van der Waals surface area contributed by atoms with Crippen molar-refractivity contribution in [2.75, 3.05) is 13.7 Å². The summed E-state index contributed by atoms with van der Waals surface area (Å²) in [5.74, 6) is -2.68. The highest BCUT2D eigenvalue weighted by Gasteiger charge is 2.48. The molecule has 1 N–H and O–H groups in total. The molecule has 0 amide bonds. The number of hydrogen-bond acceptors (Lipinski definition) is 2. The Labute approximate surface area is 64.2 Å². The Morgan fingerprint density at radius 1 is 1.64 bits per heavy atom. The molecule has 1 unspecified atom stereocenters. The summed E-state index contributed by atoms with van der Waals surface area (Å²) in [6.07, 6.45) is -0.701. The van der Waals surface area contributed by atoms with E-state index in [2.05, 4.69) is 0 Å². The first-order chi connectivity index (χ1) is 5.09. The van der Waals surface area contributed by atoms with E-state index < -0.39 is 12.0 Å². The van der Waals surface area contributed by atoms with Crippen LogP contribution in [0.2, 0.25) is 0 Å². The van der Waals surface area contributed by atoms with Crippen LogP contribution < -0.4 is 0 Å². The monoisotopic (exact) mass is 166 g/mol. The normalized spacial score (nSPS) is 26.2. The van der Waals surface area contributed by atoms with E-state index in [0.717, 1.165) is 0 Å². The van der Waals surface area contributed by atoms with Gasteiger partial charge in [0.1, 0.15) is 0 Å². The maximum absolute atomic E-state index is 12.3. The summed E-state index contributed by atoms with van der Waals surface area (Å²) in [5, 5.41) is 8.66. The molecule has 66 valence electrons. The van der Waals surface area contributed by atoms with Crippen molar-refractivity contribution in [2.45, 2.75) is 24.9 Å². The molecule has 1 saturated carbocycles. The Morgan fingerprint density at radius 2 is 2.18 bits per heavy atom. The first-order valence-corrected chi connectivity index (χ1v) is 3.60. The number of alkyl halides is 2. The molecule has 1 atom stereocenters. The smallest absolute Gasteiger partial charge is 0.248 e. The number of aliphatic hydroxyl groups excluding tert-OH is 1. The maximum Gasteiger partial charge on any atom is 0.248 e. The average Bonchev–Trinajstić information content (AvgIpc) is 1.86. The van der Waals surface area contributed by atoms with Crippen molar-refractivity contribution >= 4 is 0 Å². The summed E-state index contributed by atoms with van der Waals surface area (Å²) >= 11 is 0. The van der Waals surface area contributed by atoms with Gasteiger partial charge in [0.15, 0.2) is 0 Å². The summed E-state index contributed by atoms with van der Waals surface area (Å²) in [5.41, 5.74) is 0. The summed E-state index contributed by atoms with van der Waals surface area (Å²) < 4.78 is 29.4. The van der Waals surface area contributed by atoms with Gasteiger partial charge < -0.3 is 9.84 Å². The van der Waals surface area contributed by atoms with Crippen molar-refractivity contribution in [2.24, 2.45) is 5.92 Å². The minimum atomic E-state index is -2.52. The fourth-order valence-corrected chi connectivity index (χ4v) is 1.39. The zero-order valence-electron chi connectivity index (χ0n) is 6.39. The molecule has 1 rings (SSSR count). The topological polar surface area (TPSA) is 29.5 Å². The SMILES string of the molecule is COC(CO)C1CC(F)(F)C1. The van der Waals surface area contributed by atoms with Crippen LogP contribution in [0, 0.1) is 5.92 Å². The Bertz CT molecular complexity index is 126. The molecule has 0 spiro atoms. The molecule has 4 heteroatoms. The quantitative estimate of drug-likeness (QED) is 0.678. The van der Waals surface area contributed by atoms with Crippen LogP contribution in [-0.4, -0.2) is 30.8 Å². The van der Waals surface area contributed by atoms with E-state index in [1.165, 1.54) is 7.11 Å². The molecule has 0 aromatic carbocycles. The molecule has 0 aliphatic heterocycles. The van der Waals surface area contributed by atoms with Crippen molar-refractivity contribution < 1.29 is 18.6 Å². The largest absolute Gasteiger partial charge is 0.394 e. The third-order valence-electron chi connectivity index (χ3n) is 2.13. The van der Waals surface area contributed by atoms with Gasteiger partial charge in [0.25, 0.3) is 0 Å². The molecule has 0 heterocycles. The lowest BCUT2D eigenvalue weighted by atomic mass is 9.78. The number of halogens is 2. The van der Waals surface area contributed by atoms with E-state index in [0.29, 0.717) is 0 Å². The zero-order chi connectivity index (χ0) is 8.48. The highest BCUT2D eigenvalue weighted by Crippen LogP contribution is 2.44. The third kappa shape index (κ3) is 1.87. The lowest BCUT2D eigenvalue weighted by Gasteiger charge is -2.38. The van der Waals surface area contributed by atoms with Crippen LogP contribution in [0.15, 0.2) is 0 Å². The number of rotatable bonds is 3. The molecular formula is C7H12F2O2. The second-order valence-electron chi connectivity index (χ2n) is 2.98. The van der Waals surface area contributed by atoms with Gasteiger partial charge in [-0.25, -0.2) is 8.78 Å². The molecular weight excluding hydrogens is 154 g/mol. The van der Waals surface area contributed by atoms with Crippen molar-refractivity contribution in [3.8, 4) is 0 Å². The van der Waals surface area contributed by atoms with Crippen LogP contribution in [0.3, 0.4) is 0 Å². The van der Waals surface area contributed by atoms with E-state index in [1.807, 2.05) is 0 Å². The van der Waals surface area contributed by atoms with Crippen LogP contribution >= 0.6 is 0 Å². The van der Waals surface area contributed by atoms with Crippen molar-refractivity contribution in [3.05, 3.63) is 0 Å². The lowest BCUT2D eigenvalue weighted by Crippen LogP contribution is -2.44. The second-order valence-corrected chi connectivity index (χ2v) is 2.98. The lowest BCUT2D eigenvalue weighted by molar-refractivity contribution is -0.153. The maximum atomic E-state index is 12.3. The highest BCUT2D eigenvalue weighted by molar-refractivity contribution is 4.90. The first-order valence-electron chi connectivity index (χ1n) is 3.60. The van der Waals surface area contributed by atoms with Gasteiger partial charge in [0.2, 0.25) is 5.92 Å². The van der Waals surface area contributed by atoms with Gasteiger partial charge in [-0.2, -0.15) is 0 Å². The van der Waals surface area contributed by atoms with E-state index in [4.69, 9.17) is 9.84 Å². The predicted octanol–water partition coefficient (Wildman–Crippen LogP) is 1.04. The molecule has 1 aliphatic carbocycles. The number of aliphatic hydroxyl groups is 1. The second kappa shape index (κ2) is 3.03. The summed E-state index contributed by atoms with van der Waals surface area (Å²) in [7, 11) is 1.43. The van der Waals surface area contributed by atoms with Gasteiger partial charge in [-0.15, -0.1) is 0 Å². The minimum Gasteiger partial charge on any atom is -0.394 e. The molecule has 11 heavy (non-hydrogen) atoms. The molecule has 0 aromatic heterocycles. The van der Waals surface area contributed by atoms with Crippen molar-refractivity contribution in [1.82, 2.24) is 0 Å². The van der Waals surface area contributed by atoms with Crippen LogP contribution in [0.4, 0.5) is 8.78 Å². The molecule has 1 fully saturated rings. The summed E-state index contributed by atoms with van der Waals surface area (Å²) in [6, 6.07) is 0. The van der Waals surface area contributed by atoms with E-state index in [-0.39, 0.29) is 25.4 Å². The van der Waals surface area contributed by atoms with Gasteiger partial charge >= 0.3 is 0 Å². The molecule has 0 bridgehead atoms. The minimum absolute atomic E-state index is 0.147. The molecule has 0 radical (unpaired) electrons. The fourth-order valence-electron chi connectivity index (χ4n) is 1.39. The van der Waals surface area contributed by atoms with Crippen molar-refractivity contribution in [3.63, 3.8) is 0 Å². The van der Waals surface area contributed by atoms with E-state index >= 15 is 0 Å². The van der Waals surface area contributed by atoms with Gasteiger partial charge in [0.05, 0.1) is 12.7 Å². The molecule has 2 nitrogen and oxygen atoms in total. The molecule has 0 saturated heterocycles. The van der Waals surface area contributed by atoms with E-state index in [9.17, 15) is 8.78 Å². The Hall–Kier alpha value is -0.220. The Balaban J connectivity index is 2.30. The van der Waals surface area contributed by atoms with E-state index in [1.54, 1.807) is 0 Å². The van der Waals surface area contributed by atoms with Crippen LogP contribution in [-0.2, 0) is 4.74 Å². The third-order valence-corrected chi connectivity index (χ3v) is 2.13. The predicted molar refractivity (Wildman–Crippen MR) is 35.6 cm³/mol. The summed E-state index contributed by atoms with van der Waals surface area (Å²) in [4.78, 5) is 0. The molecule has 1 aliphatic rings. The highest BCUT2D eigenvalue weighted by atomic mass is 19.3. The zero-order valence-corrected chi connectivity index (χ0v) is 6.39. The van der Waals surface area contributed by atoms with Crippen LogP contribution in [0.5, 0.6) is 0 Å². The Kier molecular flexibility index (Phi) is 2.44. The molecule has 0 aromatic rings. The standard InChI is InChI=1S/C7H12F2O2/c1-11-6(4-10)5-2-7(8,9)3-5/h5-6,10H,2-4H2,1H3. The van der Waals surface area contributed by atoms with Gasteiger partial charge in [-0.3, -0.25) is 0 Å².